The molecule has 88 valence electrons. The Morgan fingerprint density at radius 1 is 1.41 bits per heavy atom. The van der Waals surface area contributed by atoms with E-state index in [2.05, 4.69) is 4.98 Å². The number of benzene rings is 1. The summed E-state index contributed by atoms with van der Waals surface area (Å²) >= 11 is 8.67. The summed E-state index contributed by atoms with van der Waals surface area (Å²) in [6.07, 6.45) is 0. The first-order valence-electron chi connectivity index (χ1n) is 4.78. The highest BCUT2D eigenvalue weighted by atomic mass is 35.5. The minimum absolute atomic E-state index is 0.258. The monoisotopic (exact) mass is 284 g/mol. The molecular formula is C11H9ClN2OS2. The van der Waals surface area contributed by atoms with Crippen LogP contribution < -0.4 is 5.73 Å². The lowest BCUT2D eigenvalue weighted by molar-refractivity contribution is -0.115. The van der Waals surface area contributed by atoms with E-state index in [1.54, 1.807) is 0 Å². The lowest BCUT2D eigenvalue weighted by atomic mass is 10.2. The largest absolute Gasteiger partial charge is 0.369 e. The van der Waals surface area contributed by atoms with Gasteiger partial charge in [0.15, 0.2) is 4.34 Å². The number of hydrogen-bond acceptors (Lipinski definition) is 4. The number of hydrogen-bond donors (Lipinski definition) is 1. The Morgan fingerprint density at radius 2 is 2.12 bits per heavy atom. The molecule has 2 aromatic rings. The average molecular weight is 285 g/mol. The molecule has 2 rings (SSSR count). The van der Waals surface area contributed by atoms with Crippen LogP contribution in [-0.4, -0.2) is 16.6 Å². The maximum atomic E-state index is 10.7. The highest BCUT2D eigenvalue weighted by Crippen LogP contribution is 2.28. The van der Waals surface area contributed by atoms with Gasteiger partial charge in [-0.25, -0.2) is 4.98 Å². The molecule has 1 aromatic carbocycles. The van der Waals surface area contributed by atoms with Crippen LogP contribution >= 0.6 is 34.7 Å². The zero-order chi connectivity index (χ0) is 12.3. The molecule has 0 saturated heterocycles. The number of rotatable bonds is 4. The molecular weight excluding hydrogens is 276 g/mol. The Balaban J connectivity index is 2.12. The van der Waals surface area contributed by atoms with E-state index < -0.39 is 0 Å². The quantitative estimate of drug-likeness (QED) is 0.878. The van der Waals surface area contributed by atoms with E-state index in [4.69, 9.17) is 17.3 Å². The summed E-state index contributed by atoms with van der Waals surface area (Å²) in [4.78, 5) is 15.1. The molecule has 17 heavy (non-hydrogen) atoms. The van der Waals surface area contributed by atoms with Crippen LogP contribution in [0.25, 0.3) is 11.3 Å². The number of thioether (sulfide) groups is 1. The minimum Gasteiger partial charge on any atom is -0.369 e. The Labute approximate surface area is 112 Å². The predicted molar refractivity (Wildman–Crippen MR) is 72.5 cm³/mol. The van der Waals surface area contributed by atoms with E-state index >= 15 is 0 Å². The van der Waals surface area contributed by atoms with Crippen LogP contribution in [0, 0.1) is 0 Å². The molecule has 0 radical (unpaired) electrons. The van der Waals surface area contributed by atoms with E-state index in [0.717, 1.165) is 15.6 Å². The number of primary amides is 1. The fraction of sp³-hybridized carbons (Fsp3) is 0.0909. The van der Waals surface area contributed by atoms with Gasteiger partial charge in [0.2, 0.25) is 5.91 Å². The van der Waals surface area contributed by atoms with Gasteiger partial charge in [0.05, 0.1) is 11.4 Å². The van der Waals surface area contributed by atoms with Crippen molar-refractivity contribution in [1.82, 2.24) is 4.98 Å². The van der Waals surface area contributed by atoms with Gasteiger partial charge in [0.25, 0.3) is 0 Å². The predicted octanol–water partition coefficient (Wildman–Crippen LogP) is 3.04. The normalized spacial score (nSPS) is 10.4. The molecule has 2 N–H and O–H groups in total. The first-order valence-corrected chi connectivity index (χ1v) is 7.02. The number of amides is 1. The van der Waals surface area contributed by atoms with Crippen LogP contribution in [0.4, 0.5) is 0 Å². The van der Waals surface area contributed by atoms with Crippen molar-refractivity contribution in [2.45, 2.75) is 4.34 Å². The highest BCUT2D eigenvalue weighted by molar-refractivity contribution is 8.01. The van der Waals surface area contributed by atoms with Gasteiger partial charge in [-0.3, -0.25) is 4.79 Å². The fourth-order valence-corrected chi connectivity index (χ4v) is 2.91. The zero-order valence-corrected chi connectivity index (χ0v) is 11.1. The second-order valence-corrected chi connectivity index (χ2v) is 5.78. The van der Waals surface area contributed by atoms with Crippen LogP contribution in [0.1, 0.15) is 0 Å². The first-order chi connectivity index (χ1) is 8.15. The van der Waals surface area contributed by atoms with Gasteiger partial charge >= 0.3 is 0 Å². The Bertz CT molecular complexity index is 525. The molecule has 0 fully saturated rings. The van der Waals surface area contributed by atoms with E-state index in [9.17, 15) is 4.79 Å². The third-order valence-corrected chi connectivity index (χ3v) is 4.26. The van der Waals surface area contributed by atoms with E-state index in [1.807, 2.05) is 29.6 Å². The number of halogens is 1. The van der Waals surface area contributed by atoms with Crippen molar-refractivity contribution in [3.63, 3.8) is 0 Å². The topological polar surface area (TPSA) is 56.0 Å². The molecule has 0 spiro atoms. The number of aromatic nitrogens is 1. The van der Waals surface area contributed by atoms with Gasteiger partial charge in [0, 0.05) is 16.0 Å². The number of nitrogens with two attached hydrogens (primary N) is 1. The summed E-state index contributed by atoms with van der Waals surface area (Å²) in [5, 5.41) is 2.65. The van der Waals surface area contributed by atoms with Crippen LogP contribution in [0.3, 0.4) is 0 Å². The van der Waals surface area contributed by atoms with Crippen molar-refractivity contribution in [3.05, 3.63) is 34.7 Å². The number of carbonyl (C=O) groups excluding carboxylic acids is 1. The van der Waals surface area contributed by atoms with Crippen LogP contribution in [0.5, 0.6) is 0 Å². The fourth-order valence-electron chi connectivity index (χ4n) is 1.21. The van der Waals surface area contributed by atoms with Crippen LogP contribution in [-0.2, 0) is 4.79 Å². The molecule has 0 aliphatic heterocycles. The number of thiazole rings is 1. The lowest BCUT2D eigenvalue weighted by Crippen LogP contribution is -2.12. The van der Waals surface area contributed by atoms with Gasteiger partial charge in [0.1, 0.15) is 0 Å². The van der Waals surface area contributed by atoms with Crippen molar-refractivity contribution in [2.24, 2.45) is 5.73 Å². The summed E-state index contributed by atoms with van der Waals surface area (Å²) < 4.78 is 0.841. The molecule has 1 amide bonds. The molecule has 0 atom stereocenters. The molecule has 0 aliphatic carbocycles. The first kappa shape index (κ1) is 12.4. The Hall–Kier alpha value is -1.04. The van der Waals surface area contributed by atoms with Crippen molar-refractivity contribution in [3.8, 4) is 11.3 Å². The molecule has 0 aliphatic rings. The van der Waals surface area contributed by atoms with Gasteiger partial charge in [-0.15, -0.1) is 11.3 Å². The van der Waals surface area contributed by atoms with Gasteiger partial charge in [-0.2, -0.15) is 0 Å². The Morgan fingerprint density at radius 3 is 2.76 bits per heavy atom. The third kappa shape index (κ3) is 3.46. The van der Waals surface area contributed by atoms with Crippen molar-refractivity contribution < 1.29 is 4.79 Å². The molecule has 6 heteroatoms. The van der Waals surface area contributed by atoms with Crippen molar-refractivity contribution in [1.29, 1.82) is 0 Å². The molecule has 1 aromatic heterocycles. The SMILES string of the molecule is NC(=O)CSc1nc(-c2ccc(Cl)cc2)cs1. The zero-order valence-electron chi connectivity index (χ0n) is 8.72. The summed E-state index contributed by atoms with van der Waals surface area (Å²) in [6, 6.07) is 7.48. The summed E-state index contributed by atoms with van der Waals surface area (Å²) in [6.45, 7) is 0. The minimum atomic E-state index is -0.335. The van der Waals surface area contributed by atoms with Crippen molar-refractivity contribution >= 4 is 40.6 Å². The third-order valence-electron chi connectivity index (χ3n) is 1.96. The summed E-state index contributed by atoms with van der Waals surface area (Å²) in [7, 11) is 0. The molecule has 3 nitrogen and oxygen atoms in total. The second-order valence-electron chi connectivity index (χ2n) is 3.26. The highest BCUT2D eigenvalue weighted by Gasteiger charge is 2.06. The average Bonchev–Trinajstić information content (AvgIpc) is 2.76. The standard InChI is InChI=1S/C11H9ClN2OS2/c12-8-3-1-7(2-4-8)9-5-16-11(14-9)17-6-10(13)15/h1-5H,6H2,(H2,13,15). The molecule has 1 heterocycles. The second kappa shape index (κ2) is 5.53. The summed E-state index contributed by atoms with van der Waals surface area (Å²) in [5.74, 6) is -0.0774. The molecule has 0 unspecified atom stereocenters. The van der Waals surface area contributed by atoms with Crippen LogP contribution in [0.2, 0.25) is 5.02 Å². The van der Waals surface area contributed by atoms with E-state index in [0.29, 0.717) is 5.02 Å². The van der Waals surface area contributed by atoms with E-state index in [1.165, 1.54) is 23.1 Å². The van der Waals surface area contributed by atoms with Gasteiger partial charge in [-0.1, -0.05) is 35.5 Å². The maximum absolute atomic E-state index is 10.7. The smallest absolute Gasteiger partial charge is 0.227 e. The Kier molecular flexibility index (Phi) is 4.04. The number of nitrogens with zero attached hydrogens (tertiary/aromatic N) is 1. The van der Waals surface area contributed by atoms with Gasteiger partial charge < -0.3 is 5.73 Å². The lowest BCUT2D eigenvalue weighted by Gasteiger charge is -1.96. The maximum Gasteiger partial charge on any atom is 0.227 e. The summed E-state index contributed by atoms with van der Waals surface area (Å²) in [5.41, 5.74) is 6.98. The van der Waals surface area contributed by atoms with Gasteiger partial charge in [-0.05, 0) is 12.1 Å². The molecule has 0 bridgehead atoms. The number of carbonyl (C=O) groups is 1. The molecule has 0 saturated carbocycles. The van der Waals surface area contributed by atoms with E-state index in [-0.39, 0.29) is 11.7 Å². The van der Waals surface area contributed by atoms with Crippen molar-refractivity contribution in [2.75, 3.05) is 5.75 Å². The van der Waals surface area contributed by atoms with Crippen LogP contribution in [0.15, 0.2) is 34.0 Å².